The molecule has 0 radical (unpaired) electrons. The monoisotopic (exact) mass is 365 g/mol. The number of hydrogen-bond acceptors (Lipinski definition) is 2. The minimum atomic E-state index is -3.58. The van der Waals surface area contributed by atoms with Gasteiger partial charge in [-0.25, -0.2) is 13.1 Å². The fraction of sp³-hybridized carbons (Fsp3) is 0.368. The highest BCUT2D eigenvalue weighted by Crippen LogP contribution is 2.24. The molecule has 2 rings (SSSR count). The molecule has 0 aliphatic carbocycles. The van der Waals surface area contributed by atoms with E-state index in [1.54, 1.807) is 12.1 Å². The highest BCUT2D eigenvalue weighted by molar-refractivity contribution is 7.89. The van der Waals surface area contributed by atoms with E-state index in [0.29, 0.717) is 17.4 Å². The maximum absolute atomic E-state index is 12.6. The highest BCUT2D eigenvalue weighted by Gasteiger charge is 2.20. The Morgan fingerprint density at radius 1 is 0.917 bits per heavy atom. The molecule has 0 saturated carbocycles. The molecule has 2 aromatic rings. The first-order valence-electron chi connectivity index (χ1n) is 8.25. The first kappa shape index (κ1) is 19.0. The van der Waals surface area contributed by atoms with Gasteiger partial charge in [0.25, 0.3) is 0 Å². The second-order valence-electron chi connectivity index (χ2n) is 6.01. The Bertz CT molecular complexity index is 755. The summed E-state index contributed by atoms with van der Waals surface area (Å²) in [4.78, 5) is 0.224. The van der Waals surface area contributed by atoms with Gasteiger partial charge in [-0.15, -0.1) is 0 Å². The molecule has 0 aromatic heterocycles. The topological polar surface area (TPSA) is 46.2 Å². The van der Waals surface area contributed by atoms with Crippen molar-refractivity contribution in [2.75, 3.05) is 0 Å². The van der Waals surface area contributed by atoms with Crippen LogP contribution < -0.4 is 4.72 Å². The zero-order valence-corrected chi connectivity index (χ0v) is 15.9. The van der Waals surface area contributed by atoms with Crippen LogP contribution in [0.2, 0.25) is 5.02 Å². The van der Waals surface area contributed by atoms with E-state index in [2.05, 4.69) is 30.7 Å². The summed E-state index contributed by atoms with van der Waals surface area (Å²) in [6.45, 7) is 6.32. The lowest BCUT2D eigenvalue weighted by molar-refractivity contribution is 0.550. The van der Waals surface area contributed by atoms with E-state index in [4.69, 9.17) is 11.6 Å². The molecule has 1 N–H and O–H groups in total. The predicted octanol–water partition coefficient (Wildman–Crippen LogP) is 5.28. The lowest BCUT2D eigenvalue weighted by Crippen LogP contribution is -2.28. The molecule has 2 unspecified atom stereocenters. The number of rotatable bonds is 7. The van der Waals surface area contributed by atoms with Crippen LogP contribution in [0.25, 0.3) is 0 Å². The number of benzene rings is 2. The number of halogens is 1. The summed E-state index contributed by atoms with van der Waals surface area (Å²) in [5.74, 6) is 0.505. The van der Waals surface area contributed by atoms with Gasteiger partial charge >= 0.3 is 0 Å². The third-order valence-electron chi connectivity index (χ3n) is 4.35. The van der Waals surface area contributed by atoms with E-state index in [9.17, 15) is 8.42 Å². The van der Waals surface area contributed by atoms with Crippen molar-refractivity contribution in [3.63, 3.8) is 0 Å². The van der Waals surface area contributed by atoms with Gasteiger partial charge in [0.2, 0.25) is 10.0 Å². The molecule has 0 amide bonds. The first-order chi connectivity index (χ1) is 11.4. The molecule has 0 aliphatic heterocycles. The van der Waals surface area contributed by atoms with Crippen LogP contribution in [0, 0.1) is 0 Å². The zero-order chi connectivity index (χ0) is 17.7. The van der Waals surface area contributed by atoms with E-state index in [1.807, 2.05) is 19.1 Å². The van der Waals surface area contributed by atoms with Crippen LogP contribution in [0.15, 0.2) is 53.4 Å². The minimum absolute atomic E-state index is 0.224. The molecule has 0 aliphatic rings. The Labute approximate surface area is 150 Å². The molecule has 3 nitrogen and oxygen atoms in total. The summed E-state index contributed by atoms with van der Waals surface area (Å²) in [5.41, 5.74) is 2.25. The van der Waals surface area contributed by atoms with Crippen LogP contribution in [0.4, 0.5) is 0 Å². The van der Waals surface area contributed by atoms with Gasteiger partial charge in [0.1, 0.15) is 0 Å². The molecular formula is C19H24ClNO2S. The summed E-state index contributed by atoms with van der Waals surface area (Å²) < 4.78 is 27.9. The second kappa shape index (κ2) is 8.15. The Morgan fingerprint density at radius 3 is 1.96 bits per heavy atom. The number of nitrogens with one attached hydrogen (secondary N) is 1. The van der Waals surface area contributed by atoms with Crippen molar-refractivity contribution in [1.82, 2.24) is 4.72 Å². The Morgan fingerprint density at radius 2 is 1.46 bits per heavy atom. The zero-order valence-electron chi connectivity index (χ0n) is 14.3. The Kier molecular flexibility index (Phi) is 6.44. The SMILES string of the molecule is CCC(C)c1ccc(C(CC)NS(=O)(=O)c2ccc(Cl)cc2)cc1. The van der Waals surface area contributed by atoms with Crippen LogP contribution in [-0.2, 0) is 10.0 Å². The van der Waals surface area contributed by atoms with Gasteiger partial charge in [-0.05, 0) is 54.2 Å². The number of hydrogen-bond donors (Lipinski definition) is 1. The molecule has 0 spiro atoms. The molecule has 24 heavy (non-hydrogen) atoms. The van der Waals surface area contributed by atoms with Crippen molar-refractivity contribution in [1.29, 1.82) is 0 Å². The van der Waals surface area contributed by atoms with Gasteiger partial charge in [-0.2, -0.15) is 0 Å². The van der Waals surface area contributed by atoms with Gasteiger partial charge in [0.15, 0.2) is 0 Å². The van der Waals surface area contributed by atoms with E-state index in [1.165, 1.54) is 17.7 Å². The molecule has 2 atom stereocenters. The first-order valence-corrected chi connectivity index (χ1v) is 10.1. The van der Waals surface area contributed by atoms with Gasteiger partial charge < -0.3 is 0 Å². The van der Waals surface area contributed by atoms with Crippen molar-refractivity contribution in [2.24, 2.45) is 0 Å². The Balaban J connectivity index is 2.20. The summed E-state index contributed by atoms with van der Waals surface area (Å²) in [5, 5.41) is 0.515. The van der Waals surface area contributed by atoms with Crippen LogP contribution in [-0.4, -0.2) is 8.42 Å². The van der Waals surface area contributed by atoms with Crippen molar-refractivity contribution in [3.05, 3.63) is 64.7 Å². The van der Waals surface area contributed by atoms with Crippen molar-refractivity contribution in [2.45, 2.75) is 50.5 Å². The fourth-order valence-corrected chi connectivity index (χ4v) is 3.98. The minimum Gasteiger partial charge on any atom is -0.207 e. The molecular weight excluding hydrogens is 342 g/mol. The van der Waals surface area contributed by atoms with E-state index in [0.717, 1.165) is 12.0 Å². The Hall–Kier alpha value is -1.36. The van der Waals surface area contributed by atoms with Gasteiger partial charge in [0.05, 0.1) is 4.90 Å². The van der Waals surface area contributed by atoms with Crippen LogP contribution >= 0.6 is 11.6 Å². The molecule has 0 saturated heterocycles. The van der Waals surface area contributed by atoms with E-state index in [-0.39, 0.29) is 10.9 Å². The van der Waals surface area contributed by atoms with Crippen molar-refractivity contribution >= 4 is 21.6 Å². The van der Waals surface area contributed by atoms with Crippen LogP contribution in [0.3, 0.4) is 0 Å². The summed E-state index contributed by atoms with van der Waals surface area (Å²) in [7, 11) is -3.58. The molecule has 0 heterocycles. The summed E-state index contributed by atoms with van der Waals surface area (Å²) >= 11 is 5.83. The largest absolute Gasteiger partial charge is 0.241 e. The smallest absolute Gasteiger partial charge is 0.207 e. The maximum Gasteiger partial charge on any atom is 0.241 e. The van der Waals surface area contributed by atoms with Gasteiger partial charge in [-0.1, -0.05) is 56.6 Å². The second-order valence-corrected chi connectivity index (χ2v) is 8.16. The number of sulfonamides is 1. The third kappa shape index (κ3) is 4.59. The normalized spacial score (nSPS) is 14.3. The average Bonchev–Trinajstić information content (AvgIpc) is 2.59. The molecule has 130 valence electrons. The molecule has 0 fully saturated rings. The van der Waals surface area contributed by atoms with Crippen LogP contribution in [0.1, 0.15) is 56.7 Å². The van der Waals surface area contributed by atoms with Crippen LogP contribution in [0.5, 0.6) is 0 Å². The lowest BCUT2D eigenvalue weighted by atomic mass is 9.96. The maximum atomic E-state index is 12.6. The molecule has 0 bridgehead atoms. The standard InChI is InChI=1S/C19H24ClNO2S/c1-4-14(3)15-6-8-16(9-7-15)19(5-2)21-24(22,23)18-12-10-17(20)11-13-18/h6-14,19,21H,4-5H2,1-3H3. The lowest BCUT2D eigenvalue weighted by Gasteiger charge is -2.19. The van der Waals surface area contributed by atoms with Gasteiger partial charge in [0, 0.05) is 11.1 Å². The molecule has 2 aromatic carbocycles. The van der Waals surface area contributed by atoms with E-state index >= 15 is 0 Å². The molecule has 5 heteroatoms. The average molecular weight is 366 g/mol. The van der Waals surface area contributed by atoms with Crippen molar-refractivity contribution in [3.8, 4) is 0 Å². The third-order valence-corrected chi connectivity index (χ3v) is 6.09. The summed E-state index contributed by atoms with van der Waals surface area (Å²) in [6, 6.07) is 14.1. The predicted molar refractivity (Wildman–Crippen MR) is 100.0 cm³/mol. The quantitative estimate of drug-likeness (QED) is 0.725. The summed E-state index contributed by atoms with van der Waals surface area (Å²) in [6.07, 6.45) is 1.76. The van der Waals surface area contributed by atoms with Gasteiger partial charge in [-0.3, -0.25) is 0 Å². The fourth-order valence-electron chi connectivity index (χ4n) is 2.55. The van der Waals surface area contributed by atoms with E-state index < -0.39 is 10.0 Å². The van der Waals surface area contributed by atoms with Crippen molar-refractivity contribution < 1.29 is 8.42 Å². The highest BCUT2D eigenvalue weighted by atomic mass is 35.5.